The molecule has 0 amide bonds. The van der Waals surface area contributed by atoms with Crippen molar-refractivity contribution in [3.8, 4) is 0 Å². The summed E-state index contributed by atoms with van der Waals surface area (Å²) in [5.41, 5.74) is -1.55. The third-order valence-electron chi connectivity index (χ3n) is 5.58. The van der Waals surface area contributed by atoms with E-state index in [-0.39, 0.29) is 10.2 Å². The van der Waals surface area contributed by atoms with Crippen LogP contribution in [0.1, 0.15) is 18.0 Å². The summed E-state index contributed by atoms with van der Waals surface area (Å²) in [6.45, 7) is 0.578. The van der Waals surface area contributed by atoms with E-state index in [4.69, 9.17) is 31.9 Å². The van der Waals surface area contributed by atoms with Gasteiger partial charge in [-0.3, -0.25) is 23.9 Å². The maximum atomic E-state index is 11.6. The minimum Gasteiger partial charge on any atom is -0.394 e. The second kappa shape index (κ2) is 11.0. The third-order valence-corrected chi connectivity index (χ3v) is 5.82. The summed E-state index contributed by atoms with van der Waals surface area (Å²) < 4.78 is 12.7. The van der Waals surface area contributed by atoms with E-state index in [0.717, 1.165) is 9.13 Å². The number of rotatable bonds is 4. The van der Waals surface area contributed by atoms with Gasteiger partial charge in [-0.25, -0.2) is 9.59 Å². The van der Waals surface area contributed by atoms with Crippen LogP contribution in [0.15, 0.2) is 32.8 Å². The molecule has 2 saturated heterocycles. The average Bonchev–Trinajstić information content (AvgIpc) is 3.26. The zero-order valence-electron chi connectivity index (χ0n) is 18.3. The summed E-state index contributed by atoms with van der Waals surface area (Å²) >= 11 is 4.77. The number of H-pyrrole nitrogens is 2. The van der Waals surface area contributed by atoms with Gasteiger partial charge in [0, 0.05) is 18.0 Å². The van der Waals surface area contributed by atoms with Gasteiger partial charge in [0.25, 0.3) is 5.56 Å². The van der Waals surface area contributed by atoms with Crippen LogP contribution in [0.3, 0.4) is 0 Å². The van der Waals surface area contributed by atoms with Gasteiger partial charge in [0.15, 0.2) is 12.5 Å². The number of hydrogen-bond donors (Lipinski definition) is 8. The lowest BCUT2D eigenvalue weighted by atomic mass is 10.1. The molecule has 15 nitrogen and oxygen atoms in total. The van der Waals surface area contributed by atoms with E-state index in [2.05, 4.69) is 9.97 Å². The Morgan fingerprint density at radius 3 is 1.80 bits per heavy atom. The Labute approximate surface area is 201 Å². The third kappa shape index (κ3) is 5.50. The molecule has 2 aliphatic heterocycles. The molecule has 4 heterocycles. The summed E-state index contributed by atoms with van der Waals surface area (Å²) in [6, 6.07) is 1.46. The quantitative estimate of drug-likeness (QED) is 0.181. The zero-order valence-corrected chi connectivity index (χ0v) is 19.1. The van der Waals surface area contributed by atoms with E-state index in [0.29, 0.717) is 0 Å². The molecule has 16 heteroatoms. The van der Waals surface area contributed by atoms with E-state index in [1.165, 1.54) is 25.4 Å². The van der Waals surface area contributed by atoms with Gasteiger partial charge in [0.05, 0.1) is 13.2 Å². The lowest BCUT2D eigenvalue weighted by Crippen LogP contribution is -2.38. The second-order valence-electron chi connectivity index (χ2n) is 7.95. The van der Waals surface area contributed by atoms with Gasteiger partial charge in [-0.2, -0.15) is 0 Å². The zero-order chi connectivity index (χ0) is 26.0. The molecule has 2 fully saturated rings. The van der Waals surface area contributed by atoms with E-state index in [9.17, 15) is 34.8 Å². The highest BCUT2D eigenvalue weighted by molar-refractivity contribution is 7.71. The topological polar surface area (TPSA) is 232 Å². The van der Waals surface area contributed by atoms with Gasteiger partial charge in [0.1, 0.15) is 41.3 Å². The SMILES string of the molecule is Cc1cn([C@@H]2O[C@H](CO)[C@@H](O)[C@H]2O)c(=O)[nH]c1=O.O=c1[nH]c(=S)ccn1[C@@H]1O[C@H](CO)[C@@H](O)[C@H]1O. The first kappa shape index (κ1) is 27.1. The minimum atomic E-state index is -1.36. The molecular formula is C19H26N4O11S. The van der Waals surface area contributed by atoms with Crippen molar-refractivity contribution in [3.05, 3.63) is 60.0 Å². The Morgan fingerprint density at radius 2 is 1.34 bits per heavy atom. The highest BCUT2D eigenvalue weighted by Gasteiger charge is 2.44. The van der Waals surface area contributed by atoms with Crippen molar-refractivity contribution >= 4 is 12.2 Å². The van der Waals surface area contributed by atoms with Crippen LogP contribution in [-0.4, -0.2) is 99.6 Å². The van der Waals surface area contributed by atoms with Gasteiger partial charge in [-0.1, -0.05) is 12.2 Å². The maximum absolute atomic E-state index is 11.6. The number of hydrogen-bond acceptors (Lipinski definition) is 12. The Balaban J connectivity index is 0.000000196. The fraction of sp³-hybridized carbons (Fsp3) is 0.579. The molecule has 0 aromatic carbocycles. The Kier molecular flexibility index (Phi) is 8.52. The maximum Gasteiger partial charge on any atom is 0.330 e. The van der Waals surface area contributed by atoms with Gasteiger partial charge < -0.3 is 40.1 Å². The number of aliphatic hydroxyl groups is 6. The van der Waals surface area contributed by atoms with Gasteiger partial charge >= 0.3 is 11.4 Å². The molecule has 2 aromatic rings. The number of aliphatic hydroxyl groups excluding tert-OH is 6. The van der Waals surface area contributed by atoms with Crippen LogP contribution in [0.25, 0.3) is 0 Å². The van der Waals surface area contributed by atoms with Crippen molar-refractivity contribution < 1.29 is 40.1 Å². The van der Waals surface area contributed by atoms with Crippen LogP contribution >= 0.6 is 12.2 Å². The largest absolute Gasteiger partial charge is 0.394 e. The fourth-order valence-corrected chi connectivity index (χ4v) is 3.77. The molecule has 0 spiro atoms. The highest BCUT2D eigenvalue weighted by Crippen LogP contribution is 2.28. The second-order valence-corrected chi connectivity index (χ2v) is 8.39. The molecule has 0 saturated carbocycles. The molecule has 194 valence electrons. The van der Waals surface area contributed by atoms with E-state index >= 15 is 0 Å². The van der Waals surface area contributed by atoms with Crippen LogP contribution in [-0.2, 0) is 9.47 Å². The number of aromatic nitrogens is 4. The highest BCUT2D eigenvalue weighted by atomic mass is 32.1. The normalized spacial score (nSPS) is 32.3. The molecular weight excluding hydrogens is 492 g/mol. The predicted molar refractivity (Wildman–Crippen MR) is 118 cm³/mol. The van der Waals surface area contributed by atoms with Crippen molar-refractivity contribution in [3.63, 3.8) is 0 Å². The predicted octanol–water partition coefficient (Wildman–Crippen LogP) is -4.03. The number of ether oxygens (including phenoxy) is 2. The molecule has 8 N–H and O–H groups in total. The number of nitrogens with zero attached hydrogens (tertiary/aromatic N) is 2. The van der Waals surface area contributed by atoms with E-state index in [1.807, 2.05) is 0 Å². The lowest BCUT2D eigenvalue weighted by Gasteiger charge is -2.17. The molecule has 2 aliphatic rings. The molecule has 0 unspecified atom stereocenters. The molecule has 0 radical (unpaired) electrons. The number of nitrogens with one attached hydrogen (secondary N) is 2. The van der Waals surface area contributed by atoms with Crippen LogP contribution in [0.5, 0.6) is 0 Å². The van der Waals surface area contributed by atoms with Crippen LogP contribution in [0, 0.1) is 11.6 Å². The Morgan fingerprint density at radius 1 is 0.857 bits per heavy atom. The van der Waals surface area contributed by atoms with Crippen molar-refractivity contribution in [2.45, 2.75) is 56.0 Å². The first-order chi connectivity index (χ1) is 16.5. The van der Waals surface area contributed by atoms with Crippen LogP contribution in [0.2, 0.25) is 0 Å². The summed E-state index contributed by atoms with van der Waals surface area (Å²) in [6.07, 6.45) is -6.63. The molecule has 4 rings (SSSR count). The molecule has 2 aromatic heterocycles. The van der Waals surface area contributed by atoms with Crippen LogP contribution < -0.4 is 16.9 Å². The monoisotopic (exact) mass is 518 g/mol. The minimum absolute atomic E-state index is 0.262. The van der Waals surface area contributed by atoms with Gasteiger partial charge in [0.2, 0.25) is 0 Å². The van der Waals surface area contributed by atoms with Crippen LogP contribution in [0.4, 0.5) is 0 Å². The molecule has 0 bridgehead atoms. The van der Waals surface area contributed by atoms with Gasteiger partial charge in [-0.15, -0.1) is 0 Å². The van der Waals surface area contributed by atoms with Crippen molar-refractivity contribution in [2.75, 3.05) is 13.2 Å². The molecule has 0 aliphatic carbocycles. The standard InChI is InChI=1S/C10H14N2O6.C9H12N2O5S/c1-4-2-12(10(17)11-8(4)16)9-7(15)6(14)5(3-13)18-9;12-3-4-6(13)7(14)8(16-4)11-2-1-5(17)10-9(11)15/h2,5-7,9,13-15H,3H2,1H3,(H,11,16,17);1-2,4,6-8,12-14H,3H2,(H,10,15,17)/t5-,6-,7-,9-;4-,6-,7-,8-/m11/s1. The summed E-state index contributed by atoms with van der Waals surface area (Å²) in [5, 5.41) is 56.5. The summed E-state index contributed by atoms with van der Waals surface area (Å²) in [7, 11) is 0. The van der Waals surface area contributed by atoms with Crippen molar-refractivity contribution in [1.82, 2.24) is 19.1 Å². The first-order valence-electron chi connectivity index (χ1n) is 10.4. The van der Waals surface area contributed by atoms with E-state index in [1.54, 1.807) is 0 Å². The Bertz CT molecular complexity index is 1260. The van der Waals surface area contributed by atoms with Gasteiger partial charge in [-0.05, 0) is 13.0 Å². The Hall–Kier alpha value is -2.54. The number of aromatic amines is 2. The summed E-state index contributed by atoms with van der Waals surface area (Å²) in [5.74, 6) is 0. The fourth-order valence-electron chi connectivity index (χ4n) is 3.62. The summed E-state index contributed by atoms with van der Waals surface area (Å²) in [4.78, 5) is 38.8. The number of aryl methyl sites for hydroxylation is 1. The lowest BCUT2D eigenvalue weighted by molar-refractivity contribution is -0.0551. The molecule has 8 atom stereocenters. The van der Waals surface area contributed by atoms with E-state index < -0.39 is 79.2 Å². The smallest absolute Gasteiger partial charge is 0.330 e. The first-order valence-corrected chi connectivity index (χ1v) is 10.8. The molecule has 35 heavy (non-hydrogen) atoms. The van der Waals surface area contributed by atoms with Crippen molar-refractivity contribution in [1.29, 1.82) is 0 Å². The van der Waals surface area contributed by atoms with Crippen molar-refractivity contribution in [2.24, 2.45) is 0 Å². The average molecular weight is 519 g/mol.